The van der Waals surface area contributed by atoms with Gasteiger partial charge in [0.1, 0.15) is 11.6 Å². The lowest BCUT2D eigenvalue weighted by Crippen LogP contribution is -2.36. The van der Waals surface area contributed by atoms with Crippen LogP contribution < -0.4 is 5.73 Å². The molecule has 1 rings (SSSR count). The van der Waals surface area contributed by atoms with Crippen LogP contribution in [0.2, 0.25) is 0 Å². The van der Waals surface area contributed by atoms with Gasteiger partial charge in [0.15, 0.2) is 0 Å². The largest absolute Gasteiger partial charge is 0.393 e. The summed E-state index contributed by atoms with van der Waals surface area (Å²) in [6, 6.07) is 2.79. The molecule has 0 aliphatic rings. The van der Waals surface area contributed by atoms with Crippen LogP contribution >= 0.6 is 12.2 Å². The SMILES string of the molecule is CC(C)CN(CCC(N)=S)C(=O)c1cc(F)cc(F)c1. The number of amides is 1. The minimum Gasteiger partial charge on any atom is -0.393 e. The van der Waals surface area contributed by atoms with Crippen molar-refractivity contribution in [3.8, 4) is 0 Å². The van der Waals surface area contributed by atoms with Crippen molar-refractivity contribution >= 4 is 23.1 Å². The van der Waals surface area contributed by atoms with Crippen molar-refractivity contribution in [3.63, 3.8) is 0 Å². The van der Waals surface area contributed by atoms with Crippen molar-refractivity contribution < 1.29 is 13.6 Å². The van der Waals surface area contributed by atoms with Crippen LogP contribution in [0.1, 0.15) is 30.6 Å². The standard InChI is InChI=1S/C14H18F2N2OS/c1-9(2)8-18(4-3-13(17)20)14(19)10-5-11(15)7-12(16)6-10/h5-7,9H,3-4,8H2,1-2H3,(H2,17,20). The van der Waals surface area contributed by atoms with Crippen LogP contribution in [-0.2, 0) is 0 Å². The van der Waals surface area contributed by atoms with Crippen molar-refractivity contribution in [1.29, 1.82) is 0 Å². The highest BCUT2D eigenvalue weighted by atomic mass is 32.1. The summed E-state index contributed by atoms with van der Waals surface area (Å²) in [5.41, 5.74) is 5.42. The maximum atomic E-state index is 13.2. The lowest BCUT2D eigenvalue weighted by Gasteiger charge is -2.24. The van der Waals surface area contributed by atoms with Crippen LogP contribution in [0.3, 0.4) is 0 Å². The van der Waals surface area contributed by atoms with E-state index in [1.807, 2.05) is 13.8 Å². The van der Waals surface area contributed by atoms with Crippen LogP contribution in [0.25, 0.3) is 0 Å². The first-order valence-corrected chi connectivity index (χ1v) is 6.74. The Hall–Kier alpha value is -1.56. The Morgan fingerprint density at radius 3 is 2.30 bits per heavy atom. The van der Waals surface area contributed by atoms with E-state index in [1.165, 1.54) is 4.90 Å². The monoisotopic (exact) mass is 300 g/mol. The maximum Gasteiger partial charge on any atom is 0.254 e. The van der Waals surface area contributed by atoms with Crippen molar-refractivity contribution in [1.82, 2.24) is 4.90 Å². The van der Waals surface area contributed by atoms with E-state index in [9.17, 15) is 13.6 Å². The van der Waals surface area contributed by atoms with Crippen molar-refractivity contribution in [2.24, 2.45) is 11.7 Å². The minimum absolute atomic E-state index is 0.00825. The van der Waals surface area contributed by atoms with Crippen LogP contribution in [-0.4, -0.2) is 28.9 Å². The molecule has 0 saturated heterocycles. The number of nitrogens with two attached hydrogens (primary N) is 1. The van der Waals surface area contributed by atoms with Gasteiger partial charge in [0.2, 0.25) is 0 Å². The number of benzene rings is 1. The van der Waals surface area contributed by atoms with Gasteiger partial charge in [-0.1, -0.05) is 26.1 Å². The molecular formula is C14H18F2N2OS. The molecule has 0 heterocycles. The number of carbonyl (C=O) groups is 1. The molecule has 0 unspecified atom stereocenters. The quantitative estimate of drug-likeness (QED) is 0.822. The molecule has 110 valence electrons. The average Bonchev–Trinajstić information content (AvgIpc) is 2.31. The molecule has 0 aliphatic heterocycles. The molecule has 1 amide bonds. The fourth-order valence-corrected chi connectivity index (χ4v) is 1.91. The fourth-order valence-electron chi connectivity index (χ4n) is 1.82. The van der Waals surface area contributed by atoms with Crippen LogP contribution in [0, 0.1) is 17.6 Å². The zero-order valence-corrected chi connectivity index (χ0v) is 12.3. The van der Waals surface area contributed by atoms with Gasteiger partial charge in [0.05, 0.1) is 4.99 Å². The summed E-state index contributed by atoms with van der Waals surface area (Å²) in [4.78, 5) is 14.1. The van der Waals surface area contributed by atoms with E-state index in [2.05, 4.69) is 0 Å². The van der Waals surface area contributed by atoms with Gasteiger partial charge >= 0.3 is 0 Å². The van der Waals surface area contributed by atoms with Crippen LogP contribution in [0.5, 0.6) is 0 Å². The summed E-state index contributed by atoms with van der Waals surface area (Å²) in [7, 11) is 0. The third-order valence-electron chi connectivity index (χ3n) is 2.61. The van der Waals surface area contributed by atoms with E-state index in [4.69, 9.17) is 18.0 Å². The molecule has 0 radical (unpaired) electrons. The second kappa shape index (κ2) is 7.28. The second-order valence-electron chi connectivity index (χ2n) is 5.02. The Balaban J connectivity index is 2.93. The number of hydrogen-bond donors (Lipinski definition) is 1. The highest BCUT2D eigenvalue weighted by Crippen LogP contribution is 2.12. The van der Waals surface area contributed by atoms with E-state index >= 15 is 0 Å². The molecule has 1 aromatic carbocycles. The molecule has 0 aliphatic carbocycles. The molecule has 20 heavy (non-hydrogen) atoms. The van der Waals surface area contributed by atoms with E-state index in [-0.39, 0.29) is 11.5 Å². The first-order chi connectivity index (χ1) is 9.29. The first-order valence-electron chi connectivity index (χ1n) is 6.33. The van der Waals surface area contributed by atoms with Gasteiger partial charge in [-0.3, -0.25) is 4.79 Å². The normalized spacial score (nSPS) is 10.7. The average molecular weight is 300 g/mol. The lowest BCUT2D eigenvalue weighted by atomic mass is 10.1. The van der Waals surface area contributed by atoms with E-state index < -0.39 is 17.5 Å². The van der Waals surface area contributed by atoms with Gasteiger partial charge in [-0.05, 0) is 18.1 Å². The number of rotatable bonds is 6. The van der Waals surface area contributed by atoms with E-state index in [1.54, 1.807) is 0 Å². The summed E-state index contributed by atoms with van der Waals surface area (Å²) < 4.78 is 26.4. The summed E-state index contributed by atoms with van der Waals surface area (Å²) in [6.07, 6.45) is 0.381. The summed E-state index contributed by atoms with van der Waals surface area (Å²) in [5.74, 6) is -1.74. The first kappa shape index (κ1) is 16.5. The zero-order chi connectivity index (χ0) is 15.3. The highest BCUT2D eigenvalue weighted by molar-refractivity contribution is 7.80. The van der Waals surface area contributed by atoms with Gasteiger partial charge in [0.25, 0.3) is 5.91 Å². The zero-order valence-electron chi connectivity index (χ0n) is 11.5. The fraction of sp³-hybridized carbons (Fsp3) is 0.429. The molecule has 6 heteroatoms. The Morgan fingerprint density at radius 1 is 1.30 bits per heavy atom. The van der Waals surface area contributed by atoms with Gasteiger partial charge in [-0.2, -0.15) is 0 Å². The topological polar surface area (TPSA) is 46.3 Å². The Bertz CT molecular complexity index is 486. The van der Waals surface area contributed by atoms with Gasteiger partial charge < -0.3 is 10.6 Å². The van der Waals surface area contributed by atoms with E-state index in [0.29, 0.717) is 24.5 Å². The predicted octanol–water partition coefficient (Wildman–Crippen LogP) is 2.74. The third-order valence-corrected chi connectivity index (χ3v) is 2.81. The van der Waals surface area contributed by atoms with Crippen LogP contribution in [0.4, 0.5) is 8.78 Å². The molecule has 1 aromatic rings. The molecule has 0 spiro atoms. The predicted molar refractivity (Wildman–Crippen MR) is 78.5 cm³/mol. The molecule has 2 N–H and O–H groups in total. The molecule has 0 bridgehead atoms. The molecule has 0 fully saturated rings. The molecule has 3 nitrogen and oxygen atoms in total. The Morgan fingerprint density at radius 2 is 1.85 bits per heavy atom. The molecular weight excluding hydrogens is 282 g/mol. The minimum atomic E-state index is -0.771. The number of carbonyl (C=O) groups excluding carboxylic acids is 1. The second-order valence-corrected chi connectivity index (χ2v) is 5.54. The summed E-state index contributed by atoms with van der Waals surface area (Å²) >= 11 is 4.79. The third kappa shape index (κ3) is 5.21. The maximum absolute atomic E-state index is 13.2. The summed E-state index contributed by atoms with van der Waals surface area (Å²) in [6.45, 7) is 4.71. The number of halogens is 2. The molecule has 0 aromatic heterocycles. The van der Waals surface area contributed by atoms with E-state index in [0.717, 1.165) is 18.2 Å². The van der Waals surface area contributed by atoms with Gasteiger partial charge in [0, 0.05) is 31.1 Å². The van der Waals surface area contributed by atoms with Gasteiger partial charge in [-0.25, -0.2) is 8.78 Å². The Labute approximate surface area is 122 Å². The van der Waals surface area contributed by atoms with Crippen molar-refractivity contribution in [2.75, 3.05) is 13.1 Å². The number of hydrogen-bond acceptors (Lipinski definition) is 2. The molecule has 0 atom stereocenters. The number of nitrogens with zero attached hydrogens (tertiary/aromatic N) is 1. The van der Waals surface area contributed by atoms with Crippen LogP contribution in [0.15, 0.2) is 18.2 Å². The molecule has 0 saturated carbocycles. The highest BCUT2D eigenvalue weighted by Gasteiger charge is 2.18. The smallest absolute Gasteiger partial charge is 0.254 e. The number of thiocarbonyl (C=S) groups is 1. The lowest BCUT2D eigenvalue weighted by molar-refractivity contribution is 0.0740. The van der Waals surface area contributed by atoms with Crippen molar-refractivity contribution in [2.45, 2.75) is 20.3 Å². The van der Waals surface area contributed by atoms with Gasteiger partial charge in [-0.15, -0.1) is 0 Å². The Kier molecular flexibility index (Phi) is 6.01. The summed E-state index contributed by atoms with van der Waals surface area (Å²) in [5, 5.41) is 0. The van der Waals surface area contributed by atoms with Crippen molar-refractivity contribution in [3.05, 3.63) is 35.4 Å².